The van der Waals surface area contributed by atoms with Crippen LogP contribution in [0.15, 0.2) is 65.7 Å². The quantitative estimate of drug-likeness (QED) is 0.523. The number of halogens is 1. The first kappa shape index (κ1) is 16.2. The second kappa shape index (κ2) is 6.06. The van der Waals surface area contributed by atoms with Gasteiger partial charge in [-0.3, -0.25) is 10.1 Å². The standard InChI is InChI=1S/C15H10ClN3O4S/c16-12-4-6-14(7-5-12)24(22,23)18-9-8-15(17-18)11-2-1-3-13(10-11)19(20)21/h1-10H. The van der Waals surface area contributed by atoms with E-state index in [-0.39, 0.29) is 10.6 Å². The van der Waals surface area contributed by atoms with Gasteiger partial charge in [-0.05, 0) is 30.3 Å². The van der Waals surface area contributed by atoms with E-state index in [1.165, 1.54) is 54.7 Å². The van der Waals surface area contributed by atoms with Crippen molar-refractivity contribution in [1.82, 2.24) is 9.19 Å². The van der Waals surface area contributed by atoms with Crippen LogP contribution in [0.2, 0.25) is 5.02 Å². The van der Waals surface area contributed by atoms with Crippen molar-refractivity contribution in [2.45, 2.75) is 4.90 Å². The molecule has 0 atom stereocenters. The number of benzene rings is 2. The molecular weight excluding hydrogens is 354 g/mol. The molecule has 0 aliphatic carbocycles. The van der Waals surface area contributed by atoms with Gasteiger partial charge in [-0.25, -0.2) is 0 Å². The van der Waals surface area contributed by atoms with Crippen LogP contribution in [0, 0.1) is 10.1 Å². The molecule has 0 radical (unpaired) electrons. The summed E-state index contributed by atoms with van der Waals surface area (Å²) in [6, 6.07) is 13.0. The van der Waals surface area contributed by atoms with Gasteiger partial charge in [0.1, 0.15) is 0 Å². The highest BCUT2D eigenvalue weighted by molar-refractivity contribution is 7.89. The zero-order chi connectivity index (χ0) is 17.3. The Morgan fingerprint density at radius 1 is 1.08 bits per heavy atom. The summed E-state index contributed by atoms with van der Waals surface area (Å²) < 4.78 is 25.9. The van der Waals surface area contributed by atoms with Crippen molar-refractivity contribution in [3.8, 4) is 11.3 Å². The minimum absolute atomic E-state index is 0.0422. The number of nitro benzene ring substituents is 1. The molecule has 0 amide bonds. The van der Waals surface area contributed by atoms with Gasteiger partial charge in [0.05, 0.1) is 15.5 Å². The Labute approximate surface area is 142 Å². The summed E-state index contributed by atoms with van der Waals surface area (Å²) in [5.74, 6) is 0. The fraction of sp³-hybridized carbons (Fsp3) is 0. The summed E-state index contributed by atoms with van der Waals surface area (Å²) in [7, 11) is -3.86. The first-order chi connectivity index (χ1) is 11.4. The van der Waals surface area contributed by atoms with E-state index in [1.54, 1.807) is 6.07 Å². The number of aromatic nitrogens is 2. The van der Waals surface area contributed by atoms with E-state index < -0.39 is 14.9 Å². The van der Waals surface area contributed by atoms with Crippen LogP contribution in [-0.2, 0) is 10.0 Å². The maximum absolute atomic E-state index is 12.5. The van der Waals surface area contributed by atoms with Crippen LogP contribution in [0.5, 0.6) is 0 Å². The summed E-state index contributed by atoms with van der Waals surface area (Å²) in [6.07, 6.45) is 1.29. The molecule has 24 heavy (non-hydrogen) atoms. The van der Waals surface area contributed by atoms with Crippen LogP contribution in [-0.4, -0.2) is 22.5 Å². The van der Waals surface area contributed by atoms with Crippen molar-refractivity contribution in [2.24, 2.45) is 0 Å². The number of hydrogen-bond acceptors (Lipinski definition) is 5. The lowest BCUT2D eigenvalue weighted by Gasteiger charge is -2.04. The summed E-state index contributed by atoms with van der Waals surface area (Å²) in [6.45, 7) is 0. The van der Waals surface area contributed by atoms with Crippen LogP contribution >= 0.6 is 11.6 Å². The molecule has 0 unspecified atom stereocenters. The predicted molar refractivity (Wildman–Crippen MR) is 88.4 cm³/mol. The van der Waals surface area contributed by atoms with Crippen molar-refractivity contribution in [1.29, 1.82) is 0 Å². The Morgan fingerprint density at radius 3 is 2.46 bits per heavy atom. The molecule has 0 N–H and O–H groups in total. The third-order valence-corrected chi connectivity index (χ3v) is 5.09. The van der Waals surface area contributed by atoms with Gasteiger partial charge < -0.3 is 0 Å². The molecule has 1 aromatic heterocycles. The van der Waals surface area contributed by atoms with Crippen LogP contribution < -0.4 is 0 Å². The first-order valence-corrected chi connectivity index (χ1v) is 8.51. The second-order valence-electron chi connectivity index (χ2n) is 4.84. The van der Waals surface area contributed by atoms with E-state index in [2.05, 4.69) is 5.10 Å². The SMILES string of the molecule is O=[N+]([O-])c1cccc(-c2ccn(S(=O)(=O)c3ccc(Cl)cc3)n2)c1. The molecule has 0 saturated carbocycles. The third-order valence-electron chi connectivity index (χ3n) is 3.28. The Morgan fingerprint density at radius 2 is 1.79 bits per heavy atom. The topological polar surface area (TPSA) is 95.1 Å². The van der Waals surface area contributed by atoms with Gasteiger partial charge in [0.15, 0.2) is 0 Å². The molecule has 2 aromatic carbocycles. The molecule has 0 saturated heterocycles. The third kappa shape index (κ3) is 3.01. The highest BCUT2D eigenvalue weighted by Gasteiger charge is 2.19. The molecule has 122 valence electrons. The van der Waals surface area contributed by atoms with Crippen LogP contribution in [0.3, 0.4) is 0 Å². The molecule has 0 spiro atoms. The molecule has 0 aliphatic rings. The van der Waals surface area contributed by atoms with Gasteiger partial charge in [0.2, 0.25) is 0 Å². The first-order valence-electron chi connectivity index (χ1n) is 6.69. The van der Waals surface area contributed by atoms with E-state index in [1.807, 2.05) is 0 Å². The lowest BCUT2D eigenvalue weighted by Crippen LogP contribution is -2.13. The van der Waals surface area contributed by atoms with Gasteiger partial charge in [-0.1, -0.05) is 23.7 Å². The molecule has 9 heteroatoms. The van der Waals surface area contributed by atoms with Gasteiger partial charge in [0.25, 0.3) is 15.7 Å². The van der Waals surface area contributed by atoms with Crippen molar-refractivity contribution in [3.05, 3.63) is 75.9 Å². The molecule has 3 aromatic rings. The predicted octanol–water partition coefficient (Wildman–Crippen LogP) is 3.35. The molecule has 0 fully saturated rings. The van der Waals surface area contributed by atoms with Crippen molar-refractivity contribution in [2.75, 3.05) is 0 Å². The maximum atomic E-state index is 12.5. The number of non-ortho nitro benzene ring substituents is 1. The molecule has 7 nitrogen and oxygen atoms in total. The zero-order valence-electron chi connectivity index (χ0n) is 12.0. The van der Waals surface area contributed by atoms with Gasteiger partial charge in [-0.15, -0.1) is 0 Å². The fourth-order valence-electron chi connectivity index (χ4n) is 2.09. The second-order valence-corrected chi connectivity index (χ2v) is 7.07. The fourth-order valence-corrected chi connectivity index (χ4v) is 3.33. The molecular formula is C15H10ClN3O4S. The lowest BCUT2D eigenvalue weighted by molar-refractivity contribution is -0.384. The van der Waals surface area contributed by atoms with E-state index in [0.717, 1.165) is 4.09 Å². The zero-order valence-corrected chi connectivity index (χ0v) is 13.6. The number of hydrogen-bond donors (Lipinski definition) is 0. The molecule has 1 heterocycles. The van der Waals surface area contributed by atoms with Crippen LogP contribution in [0.4, 0.5) is 5.69 Å². The normalized spacial score (nSPS) is 11.4. The largest absolute Gasteiger partial charge is 0.282 e. The summed E-state index contributed by atoms with van der Waals surface area (Å²) in [4.78, 5) is 10.4. The van der Waals surface area contributed by atoms with Crippen molar-refractivity contribution in [3.63, 3.8) is 0 Å². The Bertz CT molecular complexity index is 1010. The van der Waals surface area contributed by atoms with Crippen LogP contribution in [0.25, 0.3) is 11.3 Å². The monoisotopic (exact) mass is 363 g/mol. The lowest BCUT2D eigenvalue weighted by atomic mass is 10.1. The van der Waals surface area contributed by atoms with E-state index in [9.17, 15) is 18.5 Å². The van der Waals surface area contributed by atoms with E-state index in [0.29, 0.717) is 16.3 Å². The average Bonchev–Trinajstić information content (AvgIpc) is 3.06. The Hall–Kier alpha value is -2.71. The van der Waals surface area contributed by atoms with Crippen molar-refractivity contribution >= 4 is 27.3 Å². The van der Waals surface area contributed by atoms with Crippen molar-refractivity contribution < 1.29 is 13.3 Å². The molecule has 0 aliphatic heterocycles. The molecule has 3 rings (SSSR count). The number of nitrogens with zero attached hydrogens (tertiary/aromatic N) is 3. The van der Waals surface area contributed by atoms with E-state index >= 15 is 0 Å². The number of nitro groups is 1. The minimum atomic E-state index is -3.86. The van der Waals surface area contributed by atoms with Crippen LogP contribution in [0.1, 0.15) is 0 Å². The van der Waals surface area contributed by atoms with Gasteiger partial charge in [0, 0.05) is 28.9 Å². The summed E-state index contributed by atoms with van der Waals surface area (Å²) in [5.41, 5.74) is 0.674. The van der Waals surface area contributed by atoms with Gasteiger partial charge >= 0.3 is 0 Å². The summed E-state index contributed by atoms with van der Waals surface area (Å²) >= 11 is 5.76. The number of rotatable bonds is 4. The summed E-state index contributed by atoms with van der Waals surface area (Å²) in [5, 5.41) is 15.3. The van der Waals surface area contributed by atoms with Gasteiger partial charge in [-0.2, -0.15) is 17.6 Å². The molecule has 0 bridgehead atoms. The minimum Gasteiger partial charge on any atom is -0.258 e. The average molecular weight is 364 g/mol. The van der Waals surface area contributed by atoms with E-state index in [4.69, 9.17) is 11.6 Å². The highest BCUT2D eigenvalue weighted by Crippen LogP contribution is 2.24. The Balaban J connectivity index is 2.00. The smallest absolute Gasteiger partial charge is 0.258 e. The Kier molecular flexibility index (Phi) is 4.08. The maximum Gasteiger partial charge on any atom is 0.282 e. The highest BCUT2D eigenvalue weighted by atomic mass is 35.5.